The maximum atomic E-state index is 15.5. The predicted octanol–water partition coefficient (Wildman–Crippen LogP) is 5.20. The summed E-state index contributed by atoms with van der Waals surface area (Å²) in [5.74, 6) is 1.26. The van der Waals surface area contributed by atoms with E-state index in [1.54, 1.807) is 19.4 Å². The van der Waals surface area contributed by atoms with E-state index in [0.29, 0.717) is 24.2 Å². The highest BCUT2D eigenvalue weighted by molar-refractivity contribution is 5.83. The Morgan fingerprint density at radius 1 is 1.22 bits per heavy atom. The highest BCUT2D eigenvalue weighted by Crippen LogP contribution is 2.36. The number of hydrogen-bond acceptors (Lipinski definition) is 5. The lowest BCUT2D eigenvalue weighted by Crippen LogP contribution is -2.41. The van der Waals surface area contributed by atoms with Gasteiger partial charge >= 0.3 is 5.97 Å². The van der Waals surface area contributed by atoms with E-state index < -0.39 is 12.1 Å². The first-order chi connectivity index (χ1) is 17.4. The van der Waals surface area contributed by atoms with Crippen LogP contribution in [0.3, 0.4) is 0 Å². The number of rotatable bonds is 12. The summed E-state index contributed by atoms with van der Waals surface area (Å²) >= 11 is 0. The number of nitrogens with zero attached hydrogens (tertiary/aromatic N) is 4. The Kier molecular flexibility index (Phi) is 8.91. The number of halogens is 1. The number of carboxylic acids is 1. The zero-order valence-corrected chi connectivity index (χ0v) is 21.3. The van der Waals surface area contributed by atoms with E-state index >= 15 is 4.39 Å². The van der Waals surface area contributed by atoms with Gasteiger partial charge in [0.2, 0.25) is 0 Å². The highest BCUT2D eigenvalue weighted by atomic mass is 19.1. The molecule has 1 saturated heterocycles. The molecule has 4 rings (SSSR count). The number of fused-ring (bicyclic) bond motifs is 1. The van der Waals surface area contributed by atoms with Gasteiger partial charge in [-0.3, -0.25) is 9.78 Å². The molecule has 0 amide bonds. The van der Waals surface area contributed by atoms with Crippen LogP contribution in [-0.4, -0.2) is 57.3 Å². The molecule has 0 aliphatic carbocycles. The number of carbonyl (C=O) groups is 1. The van der Waals surface area contributed by atoms with Crippen molar-refractivity contribution in [3.8, 4) is 5.75 Å². The number of aromatic nitrogens is 3. The molecule has 3 aromatic rings. The third kappa shape index (κ3) is 6.60. The molecular formula is C28H37FN4O3. The molecule has 8 heteroatoms. The molecule has 0 spiro atoms. The number of imidazole rings is 1. The van der Waals surface area contributed by atoms with E-state index in [9.17, 15) is 9.90 Å². The molecule has 0 saturated carbocycles. The van der Waals surface area contributed by atoms with Gasteiger partial charge in [0.1, 0.15) is 17.7 Å². The maximum absolute atomic E-state index is 15.5. The molecule has 0 bridgehead atoms. The van der Waals surface area contributed by atoms with Crippen LogP contribution in [0.5, 0.6) is 5.75 Å². The van der Waals surface area contributed by atoms with E-state index in [0.717, 1.165) is 62.0 Å². The maximum Gasteiger partial charge on any atom is 0.303 e. The number of aliphatic carboxylic acids is 1. The van der Waals surface area contributed by atoms with Crippen LogP contribution in [0.25, 0.3) is 10.9 Å². The summed E-state index contributed by atoms with van der Waals surface area (Å²) in [5, 5.41) is 10.3. The van der Waals surface area contributed by atoms with Crippen LogP contribution in [0.15, 0.2) is 42.9 Å². The number of ether oxygens (including phenoxy) is 1. The van der Waals surface area contributed by atoms with Crippen LogP contribution in [0.4, 0.5) is 4.39 Å². The first kappa shape index (κ1) is 26.1. The van der Waals surface area contributed by atoms with Crippen molar-refractivity contribution in [1.29, 1.82) is 0 Å². The van der Waals surface area contributed by atoms with E-state index in [1.807, 2.05) is 37.6 Å². The fourth-order valence-corrected chi connectivity index (χ4v) is 5.51. The summed E-state index contributed by atoms with van der Waals surface area (Å²) in [6, 6.07) is 7.26. The number of likely N-dealkylation sites (tertiary alicyclic amines) is 1. The van der Waals surface area contributed by atoms with Crippen molar-refractivity contribution in [3.05, 3.63) is 54.2 Å². The topological polar surface area (TPSA) is 80.5 Å². The average Bonchev–Trinajstić information content (AvgIpc) is 3.29. The Labute approximate surface area is 212 Å². The molecule has 2 aromatic heterocycles. The average molecular weight is 497 g/mol. The minimum Gasteiger partial charge on any atom is -0.497 e. The number of piperidine rings is 1. The monoisotopic (exact) mass is 496 g/mol. The van der Waals surface area contributed by atoms with Gasteiger partial charge in [-0.2, -0.15) is 0 Å². The Morgan fingerprint density at radius 3 is 2.83 bits per heavy atom. The molecule has 1 fully saturated rings. The summed E-state index contributed by atoms with van der Waals surface area (Å²) in [6.45, 7) is 2.67. The molecule has 7 nitrogen and oxygen atoms in total. The third-order valence-electron chi connectivity index (χ3n) is 7.57. The Balaban J connectivity index is 1.32. The number of hydrogen-bond donors (Lipinski definition) is 1. The third-order valence-corrected chi connectivity index (χ3v) is 7.57. The van der Waals surface area contributed by atoms with Crippen LogP contribution in [0, 0.1) is 11.8 Å². The van der Waals surface area contributed by atoms with Gasteiger partial charge in [0.15, 0.2) is 0 Å². The Morgan fingerprint density at radius 2 is 2.08 bits per heavy atom. The minimum absolute atomic E-state index is 0.0484. The second-order valence-corrected chi connectivity index (χ2v) is 9.95. The van der Waals surface area contributed by atoms with Gasteiger partial charge in [-0.05, 0) is 86.9 Å². The van der Waals surface area contributed by atoms with Gasteiger partial charge in [-0.1, -0.05) is 0 Å². The molecule has 3 heterocycles. The summed E-state index contributed by atoms with van der Waals surface area (Å²) in [4.78, 5) is 22.7. The van der Waals surface area contributed by atoms with E-state index in [2.05, 4.69) is 19.4 Å². The van der Waals surface area contributed by atoms with Crippen molar-refractivity contribution in [2.75, 3.05) is 26.7 Å². The van der Waals surface area contributed by atoms with E-state index in [4.69, 9.17) is 4.74 Å². The van der Waals surface area contributed by atoms with Gasteiger partial charge in [-0.15, -0.1) is 0 Å². The summed E-state index contributed by atoms with van der Waals surface area (Å²) in [7, 11) is 3.61. The summed E-state index contributed by atoms with van der Waals surface area (Å²) < 4.78 is 22.8. The lowest BCUT2D eigenvalue weighted by atomic mass is 9.79. The number of benzene rings is 1. The number of unbranched alkanes of at least 4 members (excludes halogenated alkanes) is 1. The molecule has 3 atom stereocenters. The van der Waals surface area contributed by atoms with Crippen molar-refractivity contribution in [1.82, 2.24) is 19.4 Å². The van der Waals surface area contributed by atoms with E-state index in [1.165, 1.54) is 0 Å². The van der Waals surface area contributed by atoms with Crippen LogP contribution in [0.2, 0.25) is 0 Å². The first-order valence-corrected chi connectivity index (χ1v) is 12.9. The number of pyridine rings is 1. The summed E-state index contributed by atoms with van der Waals surface area (Å²) in [5.41, 5.74) is 1.37. The SMILES string of the molecule is COc1ccc2nccc([C@H](F)CC[C@@H]3CCN(CCCCc4nccn4C)C[C@@H]3CC(=O)O)c2c1. The smallest absolute Gasteiger partial charge is 0.303 e. The van der Waals surface area contributed by atoms with Gasteiger partial charge in [0, 0.05) is 50.4 Å². The highest BCUT2D eigenvalue weighted by Gasteiger charge is 2.31. The van der Waals surface area contributed by atoms with Crippen molar-refractivity contribution < 1.29 is 19.0 Å². The first-order valence-electron chi connectivity index (χ1n) is 12.9. The zero-order valence-electron chi connectivity index (χ0n) is 21.3. The molecule has 194 valence electrons. The number of carboxylic acid groups (broad SMARTS) is 1. The van der Waals surface area contributed by atoms with Gasteiger partial charge in [0.25, 0.3) is 0 Å². The van der Waals surface area contributed by atoms with Crippen molar-refractivity contribution in [3.63, 3.8) is 0 Å². The van der Waals surface area contributed by atoms with Crippen molar-refractivity contribution in [2.24, 2.45) is 18.9 Å². The van der Waals surface area contributed by atoms with Crippen LogP contribution in [0.1, 0.15) is 56.1 Å². The van der Waals surface area contributed by atoms with Crippen LogP contribution >= 0.6 is 0 Å². The lowest BCUT2D eigenvalue weighted by molar-refractivity contribution is -0.139. The van der Waals surface area contributed by atoms with Crippen LogP contribution in [-0.2, 0) is 18.3 Å². The predicted molar refractivity (Wildman–Crippen MR) is 138 cm³/mol. The molecule has 1 aromatic carbocycles. The largest absolute Gasteiger partial charge is 0.497 e. The minimum atomic E-state index is -1.13. The van der Waals surface area contributed by atoms with Gasteiger partial charge in [-0.25, -0.2) is 9.37 Å². The second-order valence-electron chi connectivity index (χ2n) is 9.95. The second kappa shape index (κ2) is 12.3. The van der Waals surface area contributed by atoms with Gasteiger partial charge in [0.05, 0.1) is 12.6 Å². The van der Waals surface area contributed by atoms with Gasteiger partial charge < -0.3 is 19.3 Å². The molecule has 0 unspecified atom stereocenters. The standard InChI is InChI=1S/C28H37FN4O3/c1-32-16-13-31-27(32)5-3-4-14-33-15-11-20(21(19-33)17-28(34)35)6-8-25(29)23-10-12-30-26-9-7-22(36-2)18-24(23)26/h7,9-10,12-13,16,18,20-21,25H,3-6,8,11,14-15,17,19H2,1-2H3,(H,34,35)/t20-,21+,25-/m1/s1. The molecular weight excluding hydrogens is 459 g/mol. The van der Waals surface area contributed by atoms with Crippen molar-refractivity contribution >= 4 is 16.9 Å². The quantitative estimate of drug-likeness (QED) is 0.347. The lowest BCUT2D eigenvalue weighted by Gasteiger charge is -2.38. The normalized spacial score (nSPS) is 19.4. The molecule has 1 aliphatic rings. The zero-order chi connectivity index (χ0) is 25.5. The number of alkyl halides is 1. The Bertz CT molecular complexity index is 1150. The molecule has 1 N–H and O–H groups in total. The molecule has 1 aliphatic heterocycles. The van der Waals surface area contributed by atoms with Crippen molar-refractivity contribution in [2.45, 2.75) is 51.1 Å². The molecule has 0 radical (unpaired) electrons. The summed E-state index contributed by atoms with van der Waals surface area (Å²) in [6.07, 6.45) is 9.49. The Hall–Kier alpha value is -3.00. The molecule has 36 heavy (non-hydrogen) atoms. The number of aryl methyl sites for hydroxylation is 2. The van der Waals surface area contributed by atoms with E-state index in [-0.39, 0.29) is 18.3 Å². The number of methoxy groups -OCH3 is 1. The fraction of sp³-hybridized carbons (Fsp3) is 0.536. The van der Waals surface area contributed by atoms with Crippen LogP contribution < -0.4 is 4.74 Å². The fourth-order valence-electron chi connectivity index (χ4n) is 5.51.